The number of hydrogen-bond donors (Lipinski definition) is 1. The average molecular weight is 937 g/mol. The molecule has 0 aromatic carbocycles. The van der Waals surface area contributed by atoms with E-state index in [1.165, 1.54) is 77.0 Å². The number of ether oxygens (including phenoxy) is 2. The van der Waals surface area contributed by atoms with Crippen LogP contribution in [-0.2, 0) is 19.1 Å². The van der Waals surface area contributed by atoms with Gasteiger partial charge in [0.2, 0.25) is 0 Å². The fourth-order valence-electron chi connectivity index (χ4n) is 7.06. The second kappa shape index (κ2) is 57.1. The number of allylic oxidation sites excluding steroid dienone is 24. The molecule has 0 aliphatic rings. The van der Waals surface area contributed by atoms with Crippen LogP contribution in [0.2, 0.25) is 0 Å². The Morgan fingerprint density at radius 3 is 0.956 bits per heavy atom. The van der Waals surface area contributed by atoms with Crippen LogP contribution in [0, 0.1) is 0 Å². The molecule has 1 unspecified atom stereocenters. The standard InChI is InChI=1S/C63H100O5/c1-3-5-7-9-11-13-15-17-19-20-21-22-23-24-25-26-27-28-29-30-31-32-33-34-35-36-37-38-39-40-41-42-44-46-48-50-52-54-56-58-63(66)68-61(59-64)60-67-62(65)57-55-53-51-49-47-45-43-18-16-14-12-10-8-6-4-2/h5,7,11,13,17,19,21-22,24-25,27-28,30-31,33-34,36-37,39-40,42,44,48,50,61,64H,3-4,6,8-10,12,14-16,18,20,23,26,29,32,35,38,41,43,45-47,49,51-60H2,1-2H3/b7-5-,13-11-,19-17-,22-21-,25-24-,28-27-,31-30-,34-33-,37-36-,40-39-,44-42-,50-48-. The molecular weight excluding hydrogens is 837 g/mol. The predicted octanol–water partition coefficient (Wildman–Crippen LogP) is 18.6. The van der Waals surface area contributed by atoms with E-state index in [9.17, 15) is 14.7 Å². The Bertz CT molecular complexity index is 1480. The van der Waals surface area contributed by atoms with Crippen LogP contribution in [0.25, 0.3) is 0 Å². The van der Waals surface area contributed by atoms with Gasteiger partial charge < -0.3 is 14.6 Å². The van der Waals surface area contributed by atoms with E-state index in [2.05, 4.69) is 160 Å². The molecule has 1 N–H and O–H groups in total. The van der Waals surface area contributed by atoms with Gasteiger partial charge in [0.15, 0.2) is 6.10 Å². The van der Waals surface area contributed by atoms with Gasteiger partial charge in [-0.2, -0.15) is 0 Å². The Balaban J connectivity index is 3.70. The predicted molar refractivity (Wildman–Crippen MR) is 297 cm³/mol. The lowest BCUT2D eigenvalue weighted by Crippen LogP contribution is -2.28. The van der Waals surface area contributed by atoms with Crippen molar-refractivity contribution in [3.8, 4) is 0 Å². The lowest BCUT2D eigenvalue weighted by Gasteiger charge is -2.15. The molecule has 0 fully saturated rings. The maximum absolute atomic E-state index is 12.3. The highest BCUT2D eigenvalue weighted by molar-refractivity contribution is 5.70. The Morgan fingerprint density at radius 2 is 0.632 bits per heavy atom. The fraction of sp³-hybridized carbons (Fsp3) is 0.587. The number of carbonyl (C=O) groups excluding carboxylic acids is 2. The van der Waals surface area contributed by atoms with Crippen LogP contribution in [0.3, 0.4) is 0 Å². The summed E-state index contributed by atoms with van der Waals surface area (Å²) in [5, 5.41) is 9.61. The first-order chi connectivity index (χ1) is 33.6. The van der Waals surface area contributed by atoms with Crippen molar-refractivity contribution in [3.05, 3.63) is 146 Å². The monoisotopic (exact) mass is 937 g/mol. The maximum atomic E-state index is 12.3. The second-order valence-corrected chi connectivity index (χ2v) is 17.6. The Kier molecular flexibility index (Phi) is 53.6. The number of hydrogen-bond acceptors (Lipinski definition) is 5. The first-order valence-corrected chi connectivity index (χ1v) is 27.4. The van der Waals surface area contributed by atoms with Gasteiger partial charge in [0.05, 0.1) is 6.61 Å². The number of rotatable bonds is 48. The zero-order valence-electron chi connectivity index (χ0n) is 43.6. The maximum Gasteiger partial charge on any atom is 0.306 e. The molecule has 5 nitrogen and oxygen atoms in total. The van der Waals surface area contributed by atoms with E-state index >= 15 is 0 Å². The molecule has 0 radical (unpaired) electrons. The van der Waals surface area contributed by atoms with Crippen molar-refractivity contribution in [2.24, 2.45) is 0 Å². The van der Waals surface area contributed by atoms with Gasteiger partial charge in [-0.1, -0.05) is 250 Å². The summed E-state index contributed by atoms with van der Waals surface area (Å²) < 4.78 is 10.6. The lowest BCUT2D eigenvalue weighted by molar-refractivity contribution is -0.161. The molecule has 5 heteroatoms. The SMILES string of the molecule is CC/C=C\C/C=C\C/C=C\C/C=C\C/C=C\C/C=C\C/C=C\C/C=C\C/C=C\C/C=C\C/C=C\C/C=C\CCCCC(=O)OC(CO)COC(=O)CCCCCCCCCCCCCCCCC. The number of esters is 2. The van der Waals surface area contributed by atoms with Crippen LogP contribution in [0.4, 0.5) is 0 Å². The Hall–Kier alpha value is -4.22. The summed E-state index contributed by atoms with van der Waals surface area (Å²) in [4.78, 5) is 24.4. The number of aliphatic hydroxyl groups excluding tert-OH is 1. The van der Waals surface area contributed by atoms with Gasteiger partial charge in [-0.3, -0.25) is 9.59 Å². The van der Waals surface area contributed by atoms with Gasteiger partial charge in [-0.05, 0) is 103 Å². The highest BCUT2D eigenvalue weighted by Crippen LogP contribution is 2.14. The Labute approximate surface area is 418 Å². The smallest absolute Gasteiger partial charge is 0.306 e. The molecule has 0 spiro atoms. The molecule has 0 bridgehead atoms. The molecule has 0 aromatic heterocycles. The Morgan fingerprint density at radius 1 is 0.353 bits per heavy atom. The van der Waals surface area contributed by atoms with Crippen molar-refractivity contribution in [1.82, 2.24) is 0 Å². The van der Waals surface area contributed by atoms with Gasteiger partial charge in [0.1, 0.15) is 6.61 Å². The van der Waals surface area contributed by atoms with E-state index < -0.39 is 6.10 Å². The molecule has 0 aromatic rings. The molecule has 0 aliphatic carbocycles. The van der Waals surface area contributed by atoms with Crippen LogP contribution < -0.4 is 0 Å². The lowest BCUT2D eigenvalue weighted by atomic mass is 10.0. The third-order valence-electron chi connectivity index (χ3n) is 11.1. The van der Waals surface area contributed by atoms with Gasteiger partial charge in [-0.25, -0.2) is 0 Å². The summed E-state index contributed by atoms with van der Waals surface area (Å²) >= 11 is 0. The van der Waals surface area contributed by atoms with E-state index in [1.54, 1.807) is 0 Å². The molecule has 0 heterocycles. The van der Waals surface area contributed by atoms with Crippen LogP contribution >= 0.6 is 0 Å². The van der Waals surface area contributed by atoms with Crippen LogP contribution in [0.5, 0.6) is 0 Å². The van der Waals surface area contributed by atoms with Gasteiger partial charge in [0.25, 0.3) is 0 Å². The topological polar surface area (TPSA) is 72.8 Å². The summed E-state index contributed by atoms with van der Waals surface area (Å²) in [5.74, 6) is -0.648. The number of carbonyl (C=O) groups is 2. The van der Waals surface area contributed by atoms with E-state index in [-0.39, 0.29) is 25.2 Å². The molecule has 1 atom stereocenters. The molecule has 68 heavy (non-hydrogen) atoms. The summed E-state index contributed by atoms with van der Waals surface area (Å²) in [6.07, 6.45) is 86.7. The normalized spacial score (nSPS) is 13.4. The molecular formula is C63H100O5. The zero-order chi connectivity index (χ0) is 49.2. The third kappa shape index (κ3) is 54.4. The first-order valence-electron chi connectivity index (χ1n) is 27.4. The summed E-state index contributed by atoms with van der Waals surface area (Å²) in [6.45, 7) is 3.99. The molecule has 0 rings (SSSR count). The van der Waals surface area contributed by atoms with Crippen molar-refractivity contribution in [3.63, 3.8) is 0 Å². The summed E-state index contributed by atoms with van der Waals surface area (Å²) in [7, 11) is 0. The molecule has 0 saturated carbocycles. The highest BCUT2D eigenvalue weighted by atomic mass is 16.6. The molecule has 0 aliphatic heterocycles. The minimum atomic E-state index is -0.803. The van der Waals surface area contributed by atoms with Crippen molar-refractivity contribution in [1.29, 1.82) is 0 Å². The molecule has 382 valence electrons. The molecule has 0 saturated heterocycles. The van der Waals surface area contributed by atoms with Crippen LogP contribution in [-0.4, -0.2) is 36.4 Å². The summed E-state index contributed by atoms with van der Waals surface area (Å²) in [6, 6.07) is 0. The van der Waals surface area contributed by atoms with E-state index in [4.69, 9.17) is 9.47 Å². The van der Waals surface area contributed by atoms with Crippen LogP contribution in [0.15, 0.2) is 146 Å². The summed E-state index contributed by atoms with van der Waals surface area (Å²) in [5.41, 5.74) is 0. The van der Waals surface area contributed by atoms with Crippen LogP contribution in [0.1, 0.15) is 219 Å². The van der Waals surface area contributed by atoms with Crippen molar-refractivity contribution in [2.45, 2.75) is 225 Å². The van der Waals surface area contributed by atoms with E-state index in [1.807, 2.05) is 0 Å². The van der Waals surface area contributed by atoms with Crippen molar-refractivity contribution < 1.29 is 24.2 Å². The van der Waals surface area contributed by atoms with E-state index in [0.717, 1.165) is 116 Å². The minimum absolute atomic E-state index is 0.0898. The van der Waals surface area contributed by atoms with E-state index in [0.29, 0.717) is 12.8 Å². The first kappa shape index (κ1) is 63.8. The van der Waals surface area contributed by atoms with Gasteiger partial charge in [-0.15, -0.1) is 0 Å². The average Bonchev–Trinajstić information content (AvgIpc) is 3.34. The second-order valence-electron chi connectivity index (χ2n) is 17.6. The van der Waals surface area contributed by atoms with Gasteiger partial charge in [0, 0.05) is 12.8 Å². The van der Waals surface area contributed by atoms with Gasteiger partial charge >= 0.3 is 11.9 Å². The fourth-order valence-corrected chi connectivity index (χ4v) is 7.06. The third-order valence-corrected chi connectivity index (χ3v) is 11.1. The van der Waals surface area contributed by atoms with Crippen molar-refractivity contribution in [2.75, 3.05) is 13.2 Å². The van der Waals surface area contributed by atoms with Crippen molar-refractivity contribution >= 4 is 11.9 Å². The quantitative estimate of drug-likeness (QED) is 0.0374. The number of unbranched alkanes of at least 4 members (excludes halogenated alkanes) is 16. The minimum Gasteiger partial charge on any atom is -0.462 e. The molecule has 0 amide bonds. The largest absolute Gasteiger partial charge is 0.462 e. The highest BCUT2D eigenvalue weighted by Gasteiger charge is 2.16. The number of aliphatic hydroxyl groups is 1. The zero-order valence-corrected chi connectivity index (χ0v) is 43.6.